The lowest BCUT2D eigenvalue weighted by atomic mass is 9.95. The Morgan fingerprint density at radius 2 is 2.00 bits per heavy atom. The summed E-state index contributed by atoms with van der Waals surface area (Å²) in [6.07, 6.45) is 3.14. The van der Waals surface area contributed by atoms with Crippen LogP contribution in [0.25, 0.3) is 0 Å². The molecule has 100 valence electrons. The Labute approximate surface area is 106 Å². The number of aliphatic hydroxyl groups excluding tert-OH is 1. The highest BCUT2D eigenvalue weighted by molar-refractivity contribution is 5.51. The van der Waals surface area contributed by atoms with Gasteiger partial charge in [-0.2, -0.15) is 0 Å². The quantitative estimate of drug-likeness (QED) is 0.897. The van der Waals surface area contributed by atoms with E-state index in [1.165, 1.54) is 12.1 Å². The predicted octanol–water partition coefficient (Wildman–Crippen LogP) is 3.08. The molecule has 1 aromatic carbocycles. The summed E-state index contributed by atoms with van der Waals surface area (Å²) in [5, 5.41) is 8.92. The molecule has 2 rings (SSSR count). The number of rotatable bonds is 3. The second kappa shape index (κ2) is 5.65. The van der Waals surface area contributed by atoms with Crippen LogP contribution in [0.3, 0.4) is 0 Å². The standard InChI is InChI=1S/C14H19F2NO/c1-2-10-4-3-5-17(8-10)14-12(15)6-11(9-18)7-13(14)16/h6-7,10,18H,2-5,8-9H2,1H3. The van der Waals surface area contributed by atoms with Crippen molar-refractivity contribution in [2.75, 3.05) is 18.0 Å². The minimum Gasteiger partial charge on any atom is -0.392 e. The van der Waals surface area contributed by atoms with E-state index in [1.54, 1.807) is 4.90 Å². The zero-order chi connectivity index (χ0) is 13.1. The van der Waals surface area contributed by atoms with Crippen molar-refractivity contribution >= 4 is 5.69 Å². The van der Waals surface area contributed by atoms with Crippen LogP contribution in [0.2, 0.25) is 0 Å². The third kappa shape index (κ3) is 2.64. The van der Waals surface area contributed by atoms with Crippen LogP contribution in [0, 0.1) is 17.6 Å². The smallest absolute Gasteiger partial charge is 0.149 e. The first-order valence-electron chi connectivity index (χ1n) is 6.49. The van der Waals surface area contributed by atoms with E-state index in [4.69, 9.17) is 5.11 Å². The van der Waals surface area contributed by atoms with Gasteiger partial charge in [0.15, 0.2) is 0 Å². The summed E-state index contributed by atoms with van der Waals surface area (Å²) < 4.78 is 27.8. The molecule has 0 amide bonds. The summed E-state index contributed by atoms with van der Waals surface area (Å²) in [4.78, 5) is 1.80. The van der Waals surface area contributed by atoms with Gasteiger partial charge in [-0.05, 0) is 36.5 Å². The zero-order valence-electron chi connectivity index (χ0n) is 10.6. The van der Waals surface area contributed by atoms with Crippen LogP contribution >= 0.6 is 0 Å². The van der Waals surface area contributed by atoms with E-state index >= 15 is 0 Å². The van der Waals surface area contributed by atoms with Gasteiger partial charge in [0.05, 0.1) is 6.61 Å². The molecule has 1 atom stereocenters. The van der Waals surface area contributed by atoms with Crippen LogP contribution in [-0.4, -0.2) is 18.2 Å². The molecule has 0 radical (unpaired) electrons. The molecule has 1 aliphatic heterocycles. The van der Waals surface area contributed by atoms with Crippen molar-refractivity contribution < 1.29 is 13.9 Å². The van der Waals surface area contributed by atoms with Gasteiger partial charge < -0.3 is 10.0 Å². The highest BCUT2D eigenvalue weighted by Gasteiger charge is 2.24. The molecule has 1 aromatic rings. The lowest BCUT2D eigenvalue weighted by Crippen LogP contribution is -2.36. The molecule has 0 saturated carbocycles. The van der Waals surface area contributed by atoms with E-state index in [0.29, 0.717) is 19.0 Å². The fourth-order valence-electron chi connectivity index (χ4n) is 2.61. The molecule has 0 aromatic heterocycles. The summed E-state index contributed by atoms with van der Waals surface area (Å²) in [6.45, 7) is 3.17. The van der Waals surface area contributed by atoms with Gasteiger partial charge in [0, 0.05) is 13.1 Å². The van der Waals surface area contributed by atoms with Crippen molar-refractivity contribution in [2.24, 2.45) is 5.92 Å². The molecule has 1 N–H and O–H groups in total. The molecule has 1 saturated heterocycles. The van der Waals surface area contributed by atoms with Gasteiger partial charge >= 0.3 is 0 Å². The number of anilines is 1. The topological polar surface area (TPSA) is 23.5 Å². The van der Waals surface area contributed by atoms with E-state index in [-0.39, 0.29) is 17.9 Å². The fraction of sp³-hybridized carbons (Fsp3) is 0.571. The molecule has 0 aliphatic carbocycles. The van der Waals surface area contributed by atoms with Crippen LogP contribution in [0.4, 0.5) is 14.5 Å². The number of halogens is 2. The van der Waals surface area contributed by atoms with Crippen molar-refractivity contribution in [1.29, 1.82) is 0 Å². The Hall–Kier alpha value is -1.16. The van der Waals surface area contributed by atoms with Crippen molar-refractivity contribution in [3.63, 3.8) is 0 Å². The second-order valence-electron chi connectivity index (χ2n) is 4.93. The first-order valence-corrected chi connectivity index (χ1v) is 6.49. The lowest BCUT2D eigenvalue weighted by molar-refractivity contribution is 0.280. The number of benzene rings is 1. The summed E-state index contributed by atoms with van der Waals surface area (Å²) in [6, 6.07) is 2.43. The SMILES string of the molecule is CCC1CCCN(c2c(F)cc(CO)cc2F)C1. The maximum Gasteiger partial charge on any atom is 0.149 e. The summed E-state index contributed by atoms with van der Waals surface area (Å²) in [5.41, 5.74) is 0.336. The van der Waals surface area contributed by atoms with Crippen LogP contribution in [-0.2, 0) is 6.61 Å². The van der Waals surface area contributed by atoms with Crippen LogP contribution in [0.1, 0.15) is 31.7 Å². The van der Waals surface area contributed by atoms with Gasteiger partial charge in [0.2, 0.25) is 0 Å². The van der Waals surface area contributed by atoms with Gasteiger partial charge in [-0.1, -0.05) is 13.3 Å². The van der Waals surface area contributed by atoms with Gasteiger partial charge in [0.1, 0.15) is 17.3 Å². The van der Waals surface area contributed by atoms with Crippen molar-refractivity contribution in [2.45, 2.75) is 32.8 Å². The summed E-state index contributed by atoms with van der Waals surface area (Å²) in [5.74, 6) is -0.637. The fourth-order valence-corrected chi connectivity index (χ4v) is 2.61. The van der Waals surface area contributed by atoms with E-state index in [0.717, 1.165) is 19.3 Å². The number of piperidine rings is 1. The average Bonchev–Trinajstić information content (AvgIpc) is 2.38. The van der Waals surface area contributed by atoms with Crippen LogP contribution < -0.4 is 4.90 Å². The average molecular weight is 255 g/mol. The van der Waals surface area contributed by atoms with E-state index in [2.05, 4.69) is 6.92 Å². The molecule has 1 heterocycles. The Kier molecular flexibility index (Phi) is 4.17. The zero-order valence-corrected chi connectivity index (χ0v) is 10.6. The maximum atomic E-state index is 13.9. The Bertz CT molecular complexity index is 399. The Morgan fingerprint density at radius 1 is 1.33 bits per heavy atom. The van der Waals surface area contributed by atoms with E-state index in [9.17, 15) is 8.78 Å². The first-order chi connectivity index (χ1) is 8.65. The minimum atomic E-state index is -0.573. The number of hydrogen-bond donors (Lipinski definition) is 1. The monoisotopic (exact) mass is 255 g/mol. The van der Waals surface area contributed by atoms with Gasteiger partial charge in [-0.25, -0.2) is 8.78 Å². The molecule has 1 unspecified atom stereocenters. The van der Waals surface area contributed by atoms with Crippen molar-refractivity contribution in [1.82, 2.24) is 0 Å². The van der Waals surface area contributed by atoms with E-state index < -0.39 is 11.6 Å². The van der Waals surface area contributed by atoms with E-state index in [1.807, 2.05) is 0 Å². The Morgan fingerprint density at radius 3 is 2.56 bits per heavy atom. The summed E-state index contributed by atoms with van der Waals surface area (Å²) >= 11 is 0. The normalized spacial score (nSPS) is 20.2. The molecule has 0 spiro atoms. The summed E-state index contributed by atoms with van der Waals surface area (Å²) in [7, 11) is 0. The molecular weight excluding hydrogens is 236 g/mol. The third-order valence-electron chi connectivity index (χ3n) is 3.67. The highest BCUT2D eigenvalue weighted by Crippen LogP contribution is 2.30. The van der Waals surface area contributed by atoms with Gasteiger partial charge in [0.25, 0.3) is 0 Å². The third-order valence-corrected chi connectivity index (χ3v) is 3.67. The molecule has 1 fully saturated rings. The minimum absolute atomic E-state index is 0.0605. The van der Waals surface area contributed by atoms with Crippen LogP contribution in [0.15, 0.2) is 12.1 Å². The molecule has 18 heavy (non-hydrogen) atoms. The second-order valence-corrected chi connectivity index (χ2v) is 4.93. The molecule has 0 bridgehead atoms. The lowest BCUT2D eigenvalue weighted by Gasteiger charge is -2.34. The molecule has 2 nitrogen and oxygen atoms in total. The number of hydrogen-bond acceptors (Lipinski definition) is 2. The van der Waals surface area contributed by atoms with Gasteiger partial charge in [-0.3, -0.25) is 0 Å². The van der Waals surface area contributed by atoms with Gasteiger partial charge in [-0.15, -0.1) is 0 Å². The molecule has 4 heteroatoms. The van der Waals surface area contributed by atoms with Crippen molar-refractivity contribution in [3.8, 4) is 0 Å². The Balaban J connectivity index is 2.27. The number of nitrogens with zero attached hydrogens (tertiary/aromatic N) is 1. The number of aliphatic hydroxyl groups is 1. The van der Waals surface area contributed by atoms with Crippen molar-refractivity contribution in [3.05, 3.63) is 29.3 Å². The highest BCUT2D eigenvalue weighted by atomic mass is 19.1. The maximum absolute atomic E-state index is 13.9. The first kappa shape index (κ1) is 13.3. The molecule has 1 aliphatic rings. The predicted molar refractivity (Wildman–Crippen MR) is 67.5 cm³/mol. The molecular formula is C14H19F2NO. The van der Waals surface area contributed by atoms with Crippen LogP contribution in [0.5, 0.6) is 0 Å². The largest absolute Gasteiger partial charge is 0.392 e.